The summed E-state index contributed by atoms with van der Waals surface area (Å²) < 4.78 is 10.2. The van der Waals surface area contributed by atoms with E-state index >= 15 is 0 Å². The lowest BCUT2D eigenvalue weighted by atomic mass is 9.96. The van der Waals surface area contributed by atoms with Crippen LogP contribution in [0.1, 0.15) is 168 Å². The molecule has 0 aromatic carbocycles. The van der Waals surface area contributed by atoms with Crippen LogP contribution in [0.2, 0.25) is 0 Å². The van der Waals surface area contributed by atoms with Gasteiger partial charge in [-0.25, -0.2) is 4.79 Å². The Labute approximate surface area is 238 Å². The molecule has 0 bridgehead atoms. The molecule has 0 aromatic heterocycles. The molecule has 0 aliphatic rings. The second-order valence-electron chi connectivity index (χ2n) is 11.2. The number of hydrogen-bond donors (Lipinski definition) is 2. The molecule has 0 saturated heterocycles. The zero-order valence-corrected chi connectivity index (χ0v) is 25.3. The Bertz CT molecular complexity index is 563. The van der Waals surface area contributed by atoms with E-state index < -0.39 is 36.4 Å². The molecule has 0 atom stereocenters. The molecule has 2 N–H and O–H groups in total. The van der Waals surface area contributed by atoms with Crippen LogP contribution < -0.4 is 0 Å². The molecule has 7 heteroatoms. The third-order valence-electron chi connectivity index (χ3n) is 7.29. The fraction of sp³-hybridized carbons (Fsp3) is 0.906. The molecule has 0 saturated carbocycles. The fourth-order valence-electron chi connectivity index (χ4n) is 4.70. The lowest BCUT2D eigenvalue weighted by Crippen LogP contribution is -2.43. The lowest BCUT2D eigenvalue weighted by Gasteiger charge is -2.21. The minimum Gasteiger partial charge on any atom is -0.479 e. The maximum atomic E-state index is 12.1. The Morgan fingerprint density at radius 3 is 1.00 bits per heavy atom. The van der Waals surface area contributed by atoms with Crippen molar-refractivity contribution in [2.45, 2.75) is 174 Å². The Kier molecular flexibility index (Phi) is 25.5. The number of unbranched alkanes of at least 4 members (excludes halogenated alkanes) is 20. The van der Waals surface area contributed by atoms with Crippen molar-refractivity contribution >= 4 is 17.9 Å². The number of aliphatic carboxylic acids is 1. The van der Waals surface area contributed by atoms with Crippen LogP contribution >= 0.6 is 0 Å². The van der Waals surface area contributed by atoms with Crippen molar-refractivity contribution in [3.05, 3.63) is 0 Å². The van der Waals surface area contributed by atoms with Crippen molar-refractivity contribution in [3.63, 3.8) is 0 Å². The third kappa shape index (κ3) is 23.9. The van der Waals surface area contributed by atoms with E-state index in [1.165, 1.54) is 103 Å². The number of carbonyl (C=O) groups excluding carboxylic acids is 2. The Balaban J connectivity index is 3.87. The molecule has 0 aliphatic carbocycles. The van der Waals surface area contributed by atoms with Gasteiger partial charge in [0.2, 0.25) is 0 Å². The summed E-state index contributed by atoms with van der Waals surface area (Å²) in [7, 11) is 0. The SMILES string of the molecule is CCCCCCCCCCCCCOC(=O)CC(O)(CC(=O)OCCCCCCCCCCCCC)C(=O)O. The van der Waals surface area contributed by atoms with E-state index in [0.717, 1.165) is 25.7 Å². The molecular weight excluding hydrogens is 496 g/mol. The minimum absolute atomic E-state index is 0.189. The van der Waals surface area contributed by atoms with Gasteiger partial charge in [-0.15, -0.1) is 0 Å². The van der Waals surface area contributed by atoms with Crippen LogP contribution in [0.5, 0.6) is 0 Å². The molecule has 0 unspecified atom stereocenters. The quantitative estimate of drug-likeness (QED) is 0.0704. The van der Waals surface area contributed by atoms with Crippen LogP contribution in [0, 0.1) is 0 Å². The highest BCUT2D eigenvalue weighted by atomic mass is 16.5. The lowest BCUT2D eigenvalue weighted by molar-refractivity contribution is -0.173. The van der Waals surface area contributed by atoms with Gasteiger partial charge in [-0.3, -0.25) is 9.59 Å². The van der Waals surface area contributed by atoms with E-state index in [9.17, 15) is 24.6 Å². The Hall–Kier alpha value is -1.63. The summed E-state index contributed by atoms with van der Waals surface area (Å²) >= 11 is 0. The number of aliphatic hydroxyl groups is 1. The van der Waals surface area contributed by atoms with E-state index in [4.69, 9.17) is 9.47 Å². The summed E-state index contributed by atoms with van der Waals surface area (Å²) in [4.78, 5) is 35.8. The van der Waals surface area contributed by atoms with Crippen LogP contribution in [0.15, 0.2) is 0 Å². The van der Waals surface area contributed by atoms with E-state index in [-0.39, 0.29) is 13.2 Å². The summed E-state index contributed by atoms with van der Waals surface area (Å²) in [6.07, 6.45) is 24.4. The molecule has 0 heterocycles. The van der Waals surface area contributed by atoms with Crippen molar-refractivity contribution in [2.75, 3.05) is 13.2 Å². The average molecular weight is 557 g/mol. The largest absolute Gasteiger partial charge is 0.479 e. The molecule has 0 radical (unpaired) electrons. The molecule has 7 nitrogen and oxygen atoms in total. The van der Waals surface area contributed by atoms with Crippen LogP contribution in [0.4, 0.5) is 0 Å². The summed E-state index contributed by atoms with van der Waals surface area (Å²) in [6.45, 7) is 4.83. The van der Waals surface area contributed by atoms with Gasteiger partial charge in [-0.2, -0.15) is 0 Å². The number of carboxylic acids is 1. The van der Waals surface area contributed by atoms with Gasteiger partial charge in [0.1, 0.15) is 0 Å². The maximum Gasteiger partial charge on any atom is 0.336 e. The van der Waals surface area contributed by atoms with Gasteiger partial charge in [-0.1, -0.05) is 142 Å². The highest BCUT2D eigenvalue weighted by Gasteiger charge is 2.42. The average Bonchev–Trinajstić information content (AvgIpc) is 2.89. The van der Waals surface area contributed by atoms with Crippen LogP contribution in [0.3, 0.4) is 0 Å². The normalized spacial score (nSPS) is 11.5. The predicted molar refractivity (Wildman–Crippen MR) is 157 cm³/mol. The first-order valence-electron chi connectivity index (χ1n) is 16.1. The minimum atomic E-state index is -2.51. The van der Waals surface area contributed by atoms with Crippen molar-refractivity contribution < 1.29 is 34.1 Å². The predicted octanol–water partition coefficient (Wildman–Crippen LogP) is 8.29. The summed E-state index contributed by atoms with van der Waals surface area (Å²) in [6, 6.07) is 0. The molecule has 0 rings (SSSR count). The van der Waals surface area contributed by atoms with E-state index in [1.807, 2.05) is 0 Å². The smallest absolute Gasteiger partial charge is 0.336 e. The first kappa shape index (κ1) is 37.4. The summed E-state index contributed by atoms with van der Waals surface area (Å²) in [5, 5.41) is 19.8. The van der Waals surface area contributed by atoms with Crippen LogP contribution in [-0.2, 0) is 23.9 Å². The van der Waals surface area contributed by atoms with Gasteiger partial charge in [0.15, 0.2) is 5.60 Å². The molecule has 0 aliphatic heterocycles. The number of carboxylic acid groups (broad SMARTS) is 1. The highest BCUT2D eigenvalue weighted by Crippen LogP contribution is 2.19. The molecule has 0 aromatic rings. The zero-order chi connectivity index (χ0) is 29.0. The zero-order valence-electron chi connectivity index (χ0n) is 25.3. The van der Waals surface area contributed by atoms with Crippen molar-refractivity contribution in [2.24, 2.45) is 0 Å². The van der Waals surface area contributed by atoms with Gasteiger partial charge >= 0.3 is 17.9 Å². The van der Waals surface area contributed by atoms with Crippen molar-refractivity contribution in [3.8, 4) is 0 Å². The molecule has 230 valence electrons. The van der Waals surface area contributed by atoms with Gasteiger partial charge in [0.05, 0.1) is 26.1 Å². The van der Waals surface area contributed by atoms with Gasteiger partial charge in [-0.05, 0) is 12.8 Å². The highest BCUT2D eigenvalue weighted by molar-refractivity contribution is 5.89. The number of carbonyl (C=O) groups is 3. The second kappa shape index (κ2) is 26.6. The number of rotatable bonds is 29. The van der Waals surface area contributed by atoms with Crippen molar-refractivity contribution in [1.82, 2.24) is 0 Å². The fourth-order valence-corrected chi connectivity index (χ4v) is 4.70. The molecule has 0 spiro atoms. The first-order valence-corrected chi connectivity index (χ1v) is 16.1. The standard InChI is InChI=1S/C32H60O7/c1-3-5-7-9-11-13-15-17-19-21-23-25-38-29(33)27-32(37,31(35)36)28-30(34)39-26-24-22-20-18-16-14-12-10-8-6-4-2/h37H,3-28H2,1-2H3,(H,35,36). The summed E-state index contributed by atoms with van der Waals surface area (Å²) in [5.41, 5.74) is -2.51. The second-order valence-corrected chi connectivity index (χ2v) is 11.2. The Morgan fingerprint density at radius 2 is 0.744 bits per heavy atom. The molecular formula is C32H60O7. The molecule has 0 amide bonds. The van der Waals surface area contributed by atoms with E-state index in [0.29, 0.717) is 12.8 Å². The number of hydrogen-bond acceptors (Lipinski definition) is 6. The molecule has 39 heavy (non-hydrogen) atoms. The Morgan fingerprint density at radius 1 is 0.487 bits per heavy atom. The van der Waals surface area contributed by atoms with Gasteiger partial charge in [0.25, 0.3) is 0 Å². The monoisotopic (exact) mass is 556 g/mol. The maximum absolute atomic E-state index is 12.1. The van der Waals surface area contributed by atoms with E-state index in [1.54, 1.807) is 0 Å². The summed E-state index contributed by atoms with van der Waals surface area (Å²) in [5.74, 6) is -3.25. The first-order chi connectivity index (χ1) is 18.9. The van der Waals surface area contributed by atoms with E-state index in [2.05, 4.69) is 13.8 Å². The number of ether oxygens (including phenoxy) is 2. The third-order valence-corrected chi connectivity index (χ3v) is 7.29. The van der Waals surface area contributed by atoms with Gasteiger partial charge in [0, 0.05) is 0 Å². The number of esters is 2. The van der Waals surface area contributed by atoms with Gasteiger partial charge < -0.3 is 19.7 Å². The van der Waals surface area contributed by atoms with Crippen LogP contribution in [-0.4, -0.2) is 46.9 Å². The van der Waals surface area contributed by atoms with Crippen molar-refractivity contribution in [1.29, 1.82) is 0 Å². The van der Waals surface area contributed by atoms with Crippen LogP contribution in [0.25, 0.3) is 0 Å². The molecule has 0 fully saturated rings. The topological polar surface area (TPSA) is 110 Å².